The Hall–Kier alpha value is -2.50. The molecule has 0 saturated heterocycles. The van der Waals surface area contributed by atoms with Crippen molar-refractivity contribution in [1.29, 1.82) is 0 Å². The molecule has 2 aliphatic rings. The van der Waals surface area contributed by atoms with Gasteiger partial charge in [-0.2, -0.15) is 0 Å². The second-order valence-electron chi connectivity index (χ2n) is 5.64. The van der Waals surface area contributed by atoms with Crippen LogP contribution in [0.15, 0.2) is 40.1 Å². The summed E-state index contributed by atoms with van der Waals surface area (Å²) in [5.74, 6) is -0.871. The molecule has 0 aromatic carbocycles. The molecule has 0 fully saturated rings. The van der Waals surface area contributed by atoms with Gasteiger partial charge in [-0.3, -0.25) is 14.4 Å². The topological polar surface area (TPSA) is 84.8 Å². The van der Waals surface area contributed by atoms with E-state index < -0.39 is 5.97 Å². The van der Waals surface area contributed by atoms with Gasteiger partial charge in [0, 0.05) is 23.6 Å². The lowest BCUT2D eigenvalue weighted by Gasteiger charge is -2.29. The number of hydrogen-bond acceptors (Lipinski definition) is 4. The van der Waals surface area contributed by atoms with Gasteiger partial charge < -0.3 is 10.1 Å². The normalized spacial score (nSPS) is 21.3. The Kier molecular flexibility index (Phi) is 5.84. The lowest BCUT2D eigenvalue weighted by Crippen LogP contribution is -2.36. The molecule has 2 amide bonds. The molecular formula is C18H22N2O4. The van der Waals surface area contributed by atoms with Crippen molar-refractivity contribution >= 4 is 23.5 Å². The fraction of sp³-hybridized carbons (Fsp3) is 0.444. The van der Waals surface area contributed by atoms with E-state index >= 15 is 0 Å². The molecule has 128 valence electrons. The van der Waals surface area contributed by atoms with Gasteiger partial charge in [0.15, 0.2) is 0 Å². The smallest absolute Gasteiger partial charge is 0.306 e. The summed E-state index contributed by atoms with van der Waals surface area (Å²) in [4.78, 5) is 39.2. The number of ether oxygens (including phenoxy) is 1. The number of carbonyl (C=O) groups excluding carboxylic acids is 3. The van der Waals surface area contributed by atoms with Gasteiger partial charge in [-0.15, -0.1) is 0 Å². The summed E-state index contributed by atoms with van der Waals surface area (Å²) in [6, 6.07) is 0. The minimum Gasteiger partial charge on any atom is -0.466 e. The van der Waals surface area contributed by atoms with Gasteiger partial charge in [0.25, 0.3) is 5.91 Å². The number of fused-ring (bicyclic) bond motifs is 1. The lowest BCUT2D eigenvalue weighted by atomic mass is 9.84. The van der Waals surface area contributed by atoms with Crippen molar-refractivity contribution in [3.8, 4) is 0 Å². The molecule has 0 aromatic rings. The van der Waals surface area contributed by atoms with Crippen LogP contribution in [0.1, 0.15) is 40.0 Å². The number of nitrogens with one attached hydrogen (secondary N) is 1. The monoisotopic (exact) mass is 330 g/mol. The van der Waals surface area contributed by atoms with Crippen LogP contribution >= 0.6 is 0 Å². The maximum Gasteiger partial charge on any atom is 0.306 e. The molecule has 24 heavy (non-hydrogen) atoms. The Labute approximate surface area is 141 Å². The van der Waals surface area contributed by atoms with E-state index in [9.17, 15) is 14.4 Å². The minimum absolute atomic E-state index is 0.00798. The Morgan fingerprint density at radius 2 is 2.04 bits per heavy atom. The van der Waals surface area contributed by atoms with Gasteiger partial charge >= 0.3 is 5.97 Å². The highest BCUT2D eigenvalue weighted by atomic mass is 16.5. The first-order chi connectivity index (χ1) is 11.5. The third kappa shape index (κ3) is 4.07. The van der Waals surface area contributed by atoms with Gasteiger partial charge in [0.2, 0.25) is 5.91 Å². The molecule has 0 aromatic heterocycles. The number of esters is 1. The first-order valence-corrected chi connectivity index (χ1v) is 8.14. The summed E-state index contributed by atoms with van der Waals surface area (Å²) in [7, 11) is 0. The molecule has 0 spiro atoms. The average Bonchev–Trinajstić information content (AvgIpc) is 2.53. The summed E-state index contributed by atoms with van der Waals surface area (Å²) < 4.78 is 4.78. The van der Waals surface area contributed by atoms with E-state index in [1.165, 1.54) is 0 Å². The van der Waals surface area contributed by atoms with Crippen molar-refractivity contribution < 1.29 is 19.1 Å². The third-order valence-electron chi connectivity index (χ3n) is 4.03. The number of rotatable bonds is 5. The van der Waals surface area contributed by atoms with Crippen molar-refractivity contribution in [2.75, 3.05) is 6.61 Å². The highest BCUT2D eigenvalue weighted by molar-refractivity contribution is 6.11. The number of nitrogens with zero attached hydrogens (tertiary/aromatic N) is 1. The number of hydrogen-bond donors (Lipinski definition) is 1. The molecular weight excluding hydrogens is 308 g/mol. The van der Waals surface area contributed by atoms with Gasteiger partial charge in [-0.1, -0.05) is 18.6 Å². The largest absolute Gasteiger partial charge is 0.466 e. The lowest BCUT2D eigenvalue weighted by molar-refractivity contribution is -0.144. The van der Waals surface area contributed by atoms with Gasteiger partial charge in [-0.05, 0) is 32.4 Å². The Morgan fingerprint density at radius 1 is 1.29 bits per heavy atom. The fourth-order valence-corrected chi connectivity index (χ4v) is 2.81. The van der Waals surface area contributed by atoms with Gasteiger partial charge in [0.1, 0.15) is 0 Å². The molecule has 0 bridgehead atoms. The molecule has 0 radical (unpaired) electrons. The molecule has 1 N–H and O–H groups in total. The zero-order chi connectivity index (χ0) is 17.7. The maximum atomic E-state index is 12.1. The highest BCUT2D eigenvalue weighted by Crippen LogP contribution is 2.31. The molecule has 2 rings (SSSR count). The summed E-state index contributed by atoms with van der Waals surface area (Å²) in [6.45, 7) is 5.92. The summed E-state index contributed by atoms with van der Waals surface area (Å²) in [5.41, 5.74) is 3.03. The zero-order valence-electron chi connectivity index (χ0n) is 14.2. The Bertz CT molecular complexity index is 683. The molecule has 1 atom stereocenters. The quantitative estimate of drug-likeness (QED) is 0.783. The van der Waals surface area contributed by atoms with Crippen LogP contribution in [0.5, 0.6) is 0 Å². The van der Waals surface area contributed by atoms with E-state index in [4.69, 9.17) is 4.74 Å². The Balaban J connectivity index is 2.07. The minimum atomic E-state index is -0.406. The highest BCUT2D eigenvalue weighted by Gasteiger charge is 2.28. The van der Waals surface area contributed by atoms with E-state index in [2.05, 4.69) is 10.3 Å². The SMILES string of the molecule is CCOC(=O)CCC(=O)N=C1C=CC2C(=C1)NC(=O)C(CC)=C2C. The van der Waals surface area contributed by atoms with Crippen LogP contribution in [0.4, 0.5) is 0 Å². The van der Waals surface area contributed by atoms with Crippen molar-refractivity contribution in [3.63, 3.8) is 0 Å². The average molecular weight is 330 g/mol. The maximum absolute atomic E-state index is 12.1. The van der Waals surface area contributed by atoms with Crippen LogP contribution < -0.4 is 5.32 Å². The Morgan fingerprint density at radius 3 is 2.71 bits per heavy atom. The van der Waals surface area contributed by atoms with E-state index in [1.807, 2.05) is 19.9 Å². The van der Waals surface area contributed by atoms with Gasteiger partial charge in [-0.25, -0.2) is 4.99 Å². The third-order valence-corrected chi connectivity index (χ3v) is 4.03. The van der Waals surface area contributed by atoms with E-state index in [-0.39, 0.29) is 30.6 Å². The van der Waals surface area contributed by atoms with Crippen LogP contribution in [0.2, 0.25) is 0 Å². The molecule has 1 heterocycles. The van der Waals surface area contributed by atoms with Crippen molar-refractivity contribution in [1.82, 2.24) is 5.32 Å². The van der Waals surface area contributed by atoms with Crippen molar-refractivity contribution in [2.45, 2.75) is 40.0 Å². The van der Waals surface area contributed by atoms with Crippen LogP contribution in [0, 0.1) is 5.92 Å². The number of carbonyl (C=O) groups is 3. The van der Waals surface area contributed by atoms with Crippen LogP contribution in [0.25, 0.3) is 0 Å². The molecule has 1 unspecified atom stereocenters. The molecule has 6 heteroatoms. The van der Waals surface area contributed by atoms with Crippen LogP contribution in [-0.4, -0.2) is 30.1 Å². The first kappa shape index (κ1) is 17.8. The van der Waals surface area contributed by atoms with E-state index in [1.54, 1.807) is 19.1 Å². The molecule has 6 nitrogen and oxygen atoms in total. The first-order valence-electron chi connectivity index (χ1n) is 8.14. The number of aliphatic imine (C=N–C) groups is 1. The summed E-state index contributed by atoms with van der Waals surface area (Å²) in [6.07, 6.45) is 6.12. The van der Waals surface area contributed by atoms with Crippen molar-refractivity contribution in [3.05, 3.63) is 35.1 Å². The molecule has 0 saturated carbocycles. The fourth-order valence-electron chi connectivity index (χ4n) is 2.81. The second-order valence-corrected chi connectivity index (χ2v) is 5.64. The number of amides is 2. The van der Waals surface area contributed by atoms with E-state index in [0.29, 0.717) is 18.7 Å². The molecule has 1 aliphatic carbocycles. The predicted molar refractivity (Wildman–Crippen MR) is 90.2 cm³/mol. The zero-order valence-corrected chi connectivity index (χ0v) is 14.2. The summed E-state index contributed by atoms with van der Waals surface area (Å²) >= 11 is 0. The number of allylic oxidation sites excluding steroid dienone is 3. The predicted octanol–water partition coefficient (Wildman–Crippen LogP) is 2.22. The standard InChI is InChI=1S/C18H22N2O4/c1-4-13-11(3)14-7-6-12(10-15(14)20-18(13)23)19-16(21)8-9-17(22)24-5-2/h6-7,10,14H,4-5,8-9H2,1-3H3,(H,20,23). The summed E-state index contributed by atoms with van der Waals surface area (Å²) in [5, 5.41) is 2.87. The van der Waals surface area contributed by atoms with Crippen molar-refractivity contribution in [2.24, 2.45) is 10.9 Å². The molecule has 1 aliphatic heterocycles. The van der Waals surface area contributed by atoms with Crippen LogP contribution in [0.3, 0.4) is 0 Å². The van der Waals surface area contributed by atoms with Gasteiger partial charge in [0.05, 0.1) is 18.7 Å². The van der Waals surface area contributed by atoms with Crippen LogP contribution in [-0.2, 0) is 19.1 Å². The second kappa shape index (κ2) is 7.86. The van der Waals surface area contributed by atoms with E-state index in [0.717, 1.165) is 16.8 Å².